The minimum atomic E-state index is 0.435. The van der Waals surface area contributed by atoms with Crippen molar-refractivity contribution < 1.29 is 4.74 Å². The number of hydrogen-bond acceptors (Lipinski definition) is 3. The van der Waals surface area contributed by atoms with Gasteiger partial charge in [-0.25, -0.2) is 0 Å². The molecule has 3 heteroatoms. The molecule has 0 aliphatic carbocycles. The van der Waals surface area contributed by atoms with E-state index in [1.807, 2.05) is 0 Å². The van der Waals surface area contributed by atoms with E-state index in [1.54, 1.807) is 0 Å². The van der Waals surface area contributed by atoms with Crippen LogP contribution in [0.2, 0.25) is 0 Å². The van der Waals surface area contributed by atoms with Crippen molar-refractivity contribution in [3.63, 3.8) is 0 Å². The van der Waals surface area contributed by atoms with E-state index in [9.17, 15) is 0 Å². The van der Waals surface area contributed by atoms with Gasteiger partial charge in [0.05, 0.1) is 11.9 Å². The molecule has 0 spiro atoms. The van der Waals surface area contributed by atoms with Gasteiger partial charge >= 0.3 is 0 Å². The zero-order valence-electron chi connectivity index (χ0n) is 8.09. The van der Waals surface area contributed by atoms with E-state index < -0.39 is 0 Å². The molecular weight excluding hydrogens is 164 g/mol. The number of nitrogens with one attached hydrogen (secondary N) is 1. The fourth-order valence-corrected chi connectivity index (χ4v) is 1.88. The molecule has 0 bridgehead atoms. The van der Waals surface area contributed by atoms with Gasteiger partial charge in [0.25, 0.3) is 0 Å². The third-order valence-electron chi connectivity index (χ3n) is 2.68. The molecule has 0 aromatic carbocycles. The van der Waals surface area contributed by atoms with Crippen LogP contribution in [0.5, 0.6) is 0 Å². The van der Waals surface area contributed by atoms with E-state index in [1.165, 1.54) is 31.5 Å². The fourth-order valence-electron chi connectivity index (χ4n) is 1.88. The number of amidine groups is 1. The van der Waals surface area contributed by atoms with Crippen LogP contribution in [-0.4, -0.2) is 31.6 Å². The summed E-state index contributed by atoms with van der Waals surface area (Å²) in [7, 11) is 0. The maximum atomic E-state index is 5.53. The van der Waals surface area contributed by atoms with Crippen LogP contribution >= 0.6 is 0 Å². The van der Waals surface area contributed by atoms with Gasteiger partial charge in [-0.05, 0) is 25.7 Å². The summed E-state index contributed by atoms with van der Waals surface area (Å²) in [5, 5.41) is 3.39. The summed E-state index contributed by atoms with van der Waals surface area (Å²) in [5.74, 6) is 1.20. The Labute approximate surface area is 79.6 Å². The Morgan fingerprint density at radius 1 is 1.38 bits per heavy atom. The van der Waals surface area contributed by atoms with Crippen molar-refractivity contribution in [3.05, 3.63) is 0 Å². The molecule has 1 saturated heterocycles. The molecule has 0 amide bonds. The van der Waals surface area contributed by atoms with Crippen molar-refractivity contribution in [2.24, 2.45) is 4.99 Å². The molecule has 13 heavy (non-hydrogen) atoms. The predicted molar refractivity (Wildman–Crippen MR) is 53.1 cm³/mol. The minimum Gasteiger partial charge on any atom is -0.376 e. The first-order valence-electron chi connectivity index (χ1n) is 5.34. The summed E-state index contributed by atoms with van der Waals surface area (Å²) in [5.41, 5.74) is 0. The SMILES string of the molecule is C1CCC(NCC2CCCO2)=NC1. The van der Waals surface area contributed by atoms with Crippen molar-refractivity contribution in [1.29, 1.82) is 0 Å². The highest BCUT2D eigenvalue weighted by molar-refractivity contribution is 5.82. The van der Waals surface area contributed by atoms with Gasteiger partial charge in [0.1, 0.15) is 0 Å². The highest BCUT2D eigenvalue weighted by Gasteiger charge is 2.15. The van der Waals surface area contributed by atoms with Gasteiger partial charge in [0, 0.05) is 26.1 Å². The lowest BCUT2D eigenvalue weighted by molar-refractivity contribution is 0.114. The molecule has 0 saturated carbocycles. The maximum absolute atomic E-state index is 5.53. The fraction of sp³-hybridized carbons (Fsp3) is 0.900. The molecule has 0 aromatic heterocycles. The van der Waals surface area contributed by atoms with Crippen LogP contribution in [0, 0.1) is 0 Å². The van der Waals surface area contributed by atoms with Crippen LogP contribution in [0.3, 0.4) is 0 Å². The third-order valence-corrected chi connectivity index (χ3v) is 2.68. The summed E-state index contributed by atoms with van der Waals surface area (Å²) < 4.78 is 5.53. The van der Waals surface area contributed by atoms with Crippen LogP contribution in [0.15, 0.2) is 4.99 Å². The Kier molecular flexibility index (Phi) is 3.19. The van der Waals surface area contributed by atoms with E-state index in [0.717, 1.165) is 26.1 Å². The Balaban J connectivity index is 1.68. The number of rotatable bonds is 2. The maximum Gasteiger partial charge on any atom is 0.0963 e. The monoisotopic (exact) mass is 182 g/mol. The van der Waals surface area contributed by atoms with Crippen LogP contribution in [-0.2, 0) is 4.74 Å². The van der Waals surface area contributed by atoms with Gasteiger partial charge in [-0.3, -0.25) is 4.99 Å². The van der Waals surface area contributed by atoms with E-state index in [4.69, 9.17) is 4.74 Å². The van der Waals surface area contributed by atoms with Crippen molar-refractivity contribution in [1.82, 2.24) is 5.32 Å². The number of nitrogens with zero attached hydrogens (tertiary/aromatic N) is 1. The van der Waals surface area contributed by atoms with Gasteiger partial charge in [-0.15, -0.1) is 0 Å². The number of hydrogen-bond donors (Lipinski definition) is 1. The summed E-state index contributed by atoms with van der Waals surface area (Å²) >= 11 is 0. The second kappa shape index (κ2) is 4.61. The van der Waals surface area contributed by atoms with E-state index in [0.29, 0.717) is 6.10 Å². The summed E-state index contributed by atoms with van der Waals surface area (Å²) in [6, 6.07) is 0. The molecule has 1 atom stereocenters. The highest BCUT2D eigenvalue weighted by Crippen LogP contribution is 2.11. The number of ether oxygens (including phenoxy) is 1. The van der Waals surface area contributed by atoms with Crippen molar-refractivity contribution in [2.75, 3.05) is 19.7 Å². The molecule has 1 fully saturated rings. The Hall–Kier alpha value is -0.570. The molecule has 2 rings (SSSR count). The van der Waals surface area contributed by atoms with Crippen molar-refractivity contribution in [2.45, 2.75) is 38.2 Å². The van der Waals surface area contributed by atoms with Crippen LogP contribution in [0.25, 0.3) is 0 Å². The zero-order valence-corrected chi connectivity index (χ0v) is 8.09. The standard InChI is InChI=1S/C10H18N2O/c1-2-6-11-10(5-1)12-8-9-4-3-7-13-9/h9H,1-8H2,(H,11,12). The molecule has 74 valence electrons. The molecule has 1 unspecified atom stereocenters. The third kappa shape index (κ3) is 2.69. The molecule has 3 nitrogen and oxygen atoms in total. The van der Waals surface area contributed by atoms with E-state index >= 15 is 0 Å². The first-order chi connectivity index (χ1) is 6.45. The smallest absolute Gasteiger partial charge is 0.0963 e. The lowest BCUT2D eigenvalue weighted by atomic mass is 10.1. The number of aliphatic imine (C=N–C) groups is 1. The predicted octanol–water partition coefficient (Wildman–Crippen LogP) is 1.34. The molecular formula is C10H18N2O. The van der Waals surface area contributed by atoms with Crippen molar-refractivity contribution in [3.8, 4) is 0 Å². The highest BCUT2D eigenvalue weighted by atomic mass is 16.5. The summed E-state index contributed by atoms with van der Waals surface area (Å²) in [4.78, 5) is 4.44. The topological polar surface area (TPSA) is 33.6 Å². The van der Waals surface area contributed by atoms with Gasteiger partial charge in [0.2, 0.25) is 0 Å². The molecule has 2 aliphatic rings. The summed E-state index contributed by atoms with van der Waals surface area (Å²) in [6.45, 7) is 2.91. The lowest BCUT2D eigenvalue weighted by Crippen LogP contribution is -2.33. The van der Waals surface area contributed by atoms with Gasteiger partial charge < -0.3 is 10.1 Å². The molecule has 0 radical (unpaired) electrons. The molecule has 0 aromatic rings. The van der Waals surface area contributed by atoms with Crippen LogP contribution < -0.4 is 5.32 Å². The van der Waals surface area contributed by atoms with Crippen molar-refractivity contribution >= 4 is 5.84 Å². The molecule has 2 heterocycles. The van der Waals surface area contributed by atoms with E-state index in [2.05, 4.69) is 10.3 Å². The van der Waals surface area contributed by atoms with E-state index in [-0.39, 0.29) is 0 Å². The van der Waals surface area contributed by atoms with Crippen LogP contribution in [0.1, 0.15) is 32.1 Å². The largest absolute Gasteiger partial charge is 0.376 e. The Bertz CT molecular complexity index is 185. The lowest BCUT2D eigenvalue weighted by Gasteiger charge is -2.16. The second-order valence-electron chi connectivity index (χ2n) is 3.80. The quantitative estimate of drug-likeness (QED) is 0.699. The van der Waals surface area contributed by atoms with Gasteiger partial charge in [0.15, 0.2) is 0 Å². The van der Waals surface area contributed by atoms with Gasteiger partial charge in [-0.1, -0.05) is 0 Å². The average molecular weight is 182 g/mol. The molecule has 1 N–H and O–H groups in total. The minimum absolute atomic E-state index is 0.435. The second-order valence-corrected chi connectivity index (χ2v) is 3.80. The first kappa shape index (κ1) is 9.00. The molecule has 2 aliphatic heterocycles. The zero-order chi connectivity index (χ0) is 8.93. The summed E-state index contributed by atoms with van der Waals surface area (Å²) in [6.07, 6.45) is 6.54. The Morgan fingerprint density at radius 2 is 2.38 bits per heavy atom. The first-order valence-corrected chi connectivity index (χ1v) is 5.34. The normalized spacial score (nSPS) is 28.6. The van der Waals surface area contributed by atoms with Gasteiger partial charge in [-0.2, -0.15) is 0 Å². The van der Waals surface area contributed by atoms with Crippen LogP contribution in [0.4, 0.5) is 0 Å². The average Bonchev–Trinajstić information content (AvgIpc) is 2.69. The Morgan fingerprint density at radius 3 is 3.08 bits per heavy atom.